The van der Waals surface area contributed by atoms with Crippen molar-refractivity contribution in [3.05, 3.63) is 5.82 Å². The van der Waals surface area contributed by atoms with E-state index in [2.05, 4.69) is 14.7 Å². The number of rotatable bonds is 8. The summed E-state index contributed by atoms with van der Waals surface area (Å²) in [6.45, 7) is 3.66. The average molecular weight is 301 g/mol. The van der Waals surface area contributed by atoms with E-state index in [1.54, 1.807) is 18.7 Å². The maximum atomic E-state index is 11.4. The maximum absolute atomic E-state index is 11.4. The Morgan fingerprint density at radius 2 is 2.37 bits per heavy atom. The highest BCUT2D eigenvalue weighted by atomic mass is 32.2. The first kappa shape index (κ1) is 14.7. The van der Waals surface area contributed by atoms with Crippen LogP contribution in [-0.2, 0) is 4.79 Å². The summed E-state index contributed by atoms with van der Waals surface area (Å²) >= 11 is 3.06. The van der Waals surface area contributed by atoms with Gasteiger partial charge in [0.15, 0.2) is 4.34 Å². The highest BCUT2D eigenvalue weighted by molar-refractivity contribution is 8.00. The number of hydrogen-bond donors (Lipinski definition) is 2. The molecule has 5 nitrogen and oxygen atoms in total. The Balaban J connectivity index is 1.74. The van der Waals surface area contributed by atoms with Gasteiger partial charge in [0.05, 0.1) is 0 Å². The lowest BCUT2D eigenvalue weighted by molar-refractivity contribution is -0.144. The molecule has 0 spiro atoms. The van der Waals surface area contributed by atoms with Crippen LogP contribution in [0.2, 0.25) is 0 Å². The lowest BCUT2D eigenvalue weighted by atomic mass is 9.96. The fraction of sp³-hybridized carbons (Fsp3) is 0.750. The summed E-state index contributed by atoms with van der Waals surface area (Å²) in [4.78, 5) is 15.6. The third-order valence-corrected chi connectivity index (χ3v) is 5.14. The molecule has 0 saturated heterocycles. The minimum Gasteiger partial charge on any atom is -0.480 e. The van der Waals surface area contributed by atoms with Crippen molar-refractivity contribution in [1.29, 1.82) is 0 Å². The molecular weight excluding hydrogens is 282 g/mol. The van der Waals surface area contributed by atoms with Crippen LogP contribution in [0.4, 0.5) is 0 Å². The second-order valence-electron chi connectivity index (χ2n) is 5.12. The molecule has 1 fully saturated rings. The Morgan fingerprint density at radius 1 is 1.63 bits per heavy atom. The number of aryl methyl sites for hydroxylation is 1. The van der Waals surface area contributed by atoms with E-state index in [0.29, 0.717) is 12.5 Å². The minimum atomic E-state index is -0.793. The second kappa shape index (κ2) is 6.19. The third kappa shape index (κ3) is 4.43. The van der Waals surface area contributed by atoms with Gasteiger partial charge in [-0.2, -0.15) is 4.37 Å². The van der Waals surface area contributed by atoms with Gasteiger partial charge in [-0.25, -0.2) is 4.98 Å². The van der Waals surface area contributed by atoms with Gasteiger partial charge in [0.25, 0.3) is 0 Å². The largest absolute Gasteiger partial charge is 0.480 e. The highest BCUT2D eigenvalue weighted by Crippen LogP contribution is 2.27. The summed E-state index contributed by atoms with van der Waals surface area (Å²) in [5.74, 6) is 0.929. The first-order valence-corrected chi connectivity index (χ1v) is 8.20. The Bertz CT molecular complexity index is 448. The van der Waals surface area contributed by atoms with Gasteiger partial charge in [-0.1, -0.05) is 11.8 Å². The van der Waals surface area contributed by atoms with Crippen molar-refractivity contribution < 1.29 is 9.90 Å². The monoisotopic (exact) mass is 301 g/mol. The molecule has 1 aromatic rings. The Hall–Kier alpha value is -0.660. The highest BCUT2D eigenvalue weighted by Gasteiger charge is 2.37. The fourth-order valence-electron chi connectivity index (χ4n) is 1.84. The van der Waals surface area contributed by atoms with Gasteiger partial charge < -0.3 is 5.11 Å². The lowest BCUT2D eigenvalue weighted by Crippen LogP contribution is -2.50. The topological polar surface area (TPSA) is 75.1 Å². The maximum Gasteiger partial charge on any atom is 0.323 e. The van der Waals surface area contributed by atoms with Crippen LogP contribution in [-0.4, -0.2) is 37.8 Å². The van der Waals surface area contributed by atoms with Crippen LogP contribution in [0.1, 0.15) is 38.4 Å². The Morgan fingerprint density at radius 3 is 2.89 bits per heavy atom. The van der Waals surface area contributed by atoms with Crippen LogP contribution in [0, 0.1) is 6.92 Å². The van der Waals surface area contributed by atoms with Crippen molar-refractivity contribution in [2.75, 3.05) is 5.75 Å². The lowest BCUT2D eigenvalue weighted by Gasteiger charge is -2.26. The number of hydrogen-bond acceptors (Lipinski definition) is 6. The van der Waals surface area contributed by atoms with Gasteiger partial charge in [-0.15, -0.1) is 0 Å². The van der Waals surface area contributed by atoms with Gasteiger partial charge in [0, 0.05) is 11.8 Å². The second-order valence-corrected chi connectivity index (χ2v) is 7.21. The summed E-state index contributed by atoms with van der Waals surface area (Å²) in [7, 11) is 0. The molecule has 0 aliphatic heterocycles. The van der Waals surface area contributed by atoms with E-state index in [-0.39, 0.29) is 0 Å². The first-order valence-electron chi connectivity index (χ1n) is 6.44. The van der Waals surface area contributed by atoms with E-state index in [4.69, 9.17) is 0 Å². The molecule has 1 atom stereocenters. The first-order chi connectivity index (χ1) is 8.99. The molecule has 0 bridgehead atoms. The van der Waals surface area contributed by atoms with E-state index in [0.717, 1.165) is 35.2 Å². The van der Waals surface area contributed by atoms with Crippen molar-refractivity contribution in [1.82, 2.24) is 14.7 Å². The summed E-state index contributed by atoms with van der Waals surface area (Å²) in [5.41, 5.74) is -0.793. The zero-order valence-corrected chi connectivity index (χ0v) is 12.8. The molecule has 106 valence electrons. The number of nitrogens with zero attached hydrogens (tertiary/aromatic N) is 2. The van der Waals surface area contributed by atoms with Gasteiger partial charge in [-0.05, 0) is 51.1 Å². The molecule has 1 saturated carbocycles. The van der Waals surface area contributed by atoms with Crippen molar-refractivity contribution in [2.24, 2.45) is 0 Å². The number of carboxylic acids is 1. The summed E-state index contributed by atoms with van der Waals surface area (Å²) in [5, 5.41) is 12.6. The molecule has 1 aromatic heterocycles. The molecule has 1 aliphatic rings. The van der Waals surface area contributed by atoms with Gasteiger partial charge in [0.1, 0.15) is 11.4 Å². The van der Waals surface area contributed by atoms with Crippen molar-refractivity contribution >= 4 is 29.3 Å². The normalized spacial score (nSPS) is 18.2. The van der Waals surface area contributed by atoms with Crippen LogP contribution in [0.15, 0.2) is 4.34 Å². The van der Waals surface area contributed by atoms with Crippen LogP contribution >= 0.6 is 23.3 Å². The fourth-order valence-corrected chi connectivity index (χ4v) is 3.50. The standard InChI is InChI=1S/C12H19N3O2S2/c1-8-13-11(19-15-8)18-7-3-6-12(2,10(16)17)14-9-4-5-9/h9,14H,3-7H2,1-2H3,(H,16,17). The van der Waals surface area contributed by atoms with E-state index in [9.17, 15) is 9.90 Å². The van der Waals surface area contributed by atoms with E-state index < -0.39 is 11.5 Å². The molecule has 1 aliphatic carbocycles. The summed E-state index contributed by atoms with van der Waals surface area (Å²) in [6, 6.07) is 0.402. The Kier molecular flexibility index (Phi) is 4.81. The van der Waals surface area contributed by atoms with Gasteiger partial charge >= 0.3 is 5.97 Å². The molecule has 0 radical (unpaired) electrons. The van der Waals surface area contributed by atoms with Gasteiger partial charge in [0.2, 0.25) is 0 Å². The average Bonchev–Trinajstić information content (AvgIpc) is 3.05. The summed E-state index contributed by atoms with van der Waals surface area (Å²) < 4.78 is 5.09. The molecule has 2 N–H and O–H groups in total. The van der Waals surface area contributed by atoms with Crippen LogP contribution in [0.5, 0.6) is 0 Å². The number of aromatic nitrogens is 2. The number of aliphatic carboxylic acids is 1. The van der Waals surface area contributed by atoms with E-state index >= 15 is 0 Å². The van der Waals surface area contributed by atoms with E-state index in [1.807, 2.05) is 6.92 Å². The number of thioether (sulfide) groups is 1. The van der Waals surface area contributed by atoms with Gasteiger partial charge in [-0.3, -0.25) is 10.1 Å². The van der Waals surface area contributed by atoms with Crippen molar-refractivity contribution in [3.63, 3.8) is 0 Å². The molecule has 2 rings (SSSR count). The molecule has 19 heavy (non-hydrogen) atoms. The molecule has 1 heterocycles. The quantitative estimate of drug-likeness (QED) is 0.567. The molecule has 0 aromatic carbocycles. The SMILES string of the molecule is Cc1nsc(SCCCC(C)(NC2CC2)C(=O)O)n1. The Labute approximate surface area is 121 Å². The number of nitrogens with one attached hydrogen (secondary N) is 1. The van der Waals surface area contributed by atoms with Crippen molar-refractivity contribution in [2.45, 2.75) is 55.5 Å². The van der Waals surface area contributed by atoms with Crippen LogP contribution in [0.3, 0.4) is 0 Å². The predicted molar refractivity (Wildman–Crippen MR) is 76.8 cm³/mol. The number of carboxylic acid groups (broad SMARTS) is 1. The molecule has 0 amide bonds. The van der Waals surface area contributed by atoms with E-state index in [1.165, 1.54) is 11.5 Å². The molecule has 1 unspecified atom stereocenters. The predicted octanol–water partition coefficient (Wildman–Crippen LogP) is 2.31. The zero-order chi connectivity index (χ0) is 13.9. The molecular formula is C12H19N3O2S2. The van der Waals surface area contributed by atoms with Crippen molar-refractivity contribution in [3.8, 4) is 0 Å². The summed E-state index contributed by atoms with van der Waals surface area (Å²) in [6.07, 6.45) is 3.69. The zero-order valence-electron chi connectivity index (χ0n) is 11.2. The third-order valence-electron chi connectivity index (χ3n) is 3.13. The smallest absolute Gasteiger partial charge is 0.323 e. The molecule has 7 heteroatoms. The van der Waals surface area contributed by atoms with Crippen LogP contribution in [0.25, 0.3) is 0 Å². The van der Waals surface area contributed by atoms with Crippen LogP contribution < -0.4 is 5.32 Å². The minimum absolute atomic E-state index is 0.402. The number of carbonyl (C=O) groups is 1.